The summed E-state index contributed by atoms with van der Waals surface area (Å²) in [5.74, 6) is -1.38. The zero-order valence-corrected chi connectivity index (χ0v) is 17.8. The van der Waals surface area contributed by atoms with E-state index >= 15 is 0 Å². The third-order valence-corrected chi connectivity index (χ3v) is 6.58. The predicted octanol–water partition coefficient (Wildman–Crippen LogP) is 4.00. The van der Waals surface area contributed by atoms with E-state index in [9.17, 15) is 17.6 Å². The van der Waals surface area contributed by atoms with E-state index in [1.807, 2.05) is 19.1 Å². The quantitative estimate of drug-likeness (QED) is 0.641. The molecule has 158 valence electrons. The molecule has 0 unspecified atom stereocenters. The highest BCUT2D eigenvalue weighted by molar-refractivity contribution is 7.89. The summed E-state index contributed by atoms with van der Waals surface area (Å²) < 4.78 is 48.8. The lowest BCUT2D eigenvalue weighted by Crippen LogP contribution is -2.32. The number of sulfonamides is 1. The molecule has 0 aliphatic heterocycles. The van der Waals surface area contributed by atoms with E-state index in [1.54, 1.807) is 19.1 Å². The summed E-state index contributed by atoms with van der Waals surface area (Å²) in [7, 11) is -2.56. The fourth-order valence-electron chi connectivity index (χ4n) is 3.84. The molecule has 1 amide bonds. The number of hydrogen-bond donors (Lipinski definition) is 1. The number of amides is 1. The molecule has 1 saturated carbocycles. The number of halogens is 1. The molecule has 8 heteroatoms. The molecule has 0 bridgehead atoms. The summed E-state index contributed by atoms with van der Waals surface area (Å²) >= 11 is 0. The molecule has 30 heavy (non-hydrogen) atoms. The summed E-state index contributed by atoms with van der Waals surface area (Å²) in [6.07, 6.45) is 2.03. The van der Waals surface area contributed by atoms with Gasteiger partial charge in [-0.1, -0.05) is 12.1 Å². The Morgan fingerprint density at radius 3 is 2.57 bits per heavy atom. The summed E-state index contributed by atoms with van der Waals surface area (Å²) in [6.45, 7) is 3.53. The van der Waals surface area contributed by atoms with E-state index in [0.29, 0.717) is 34.0 Å². The minimum atomic E-state index is -4.09. The van der Waals surface area contributed by atoms with Gasteiger partial charge < -0.3 is 9.30 Å². The molecule has 6 nitrogen and oxygen atoms in total. The van der Waals surface area contributed by atoms with Crippen LogP contribution in [0.3, 0.4) is 0 Å². The Hall–Kier alpha value is -2.87. The van der Waals surface area contributed by atoms with Crippen LogP contribution in [-0.2, 0) is 15.8 Å². The molecular weight excluding hydrogens is 407 g/mol. The third-order valence-electron chi connectivity index (χ3n) is 5.40. The molecule has 1 heterocycles. The summed E-state index contributed by atoms with van der Waals surface area (Å²) in [5.41, 5.74) is 2.57. The maximum Gasteiger partial charge on any atom is 0.267 e. The van der Waals surface area contributed by atoms with Gasteiger partial charge in [0.2, 0.25) is 10.0 Å². The van der Waals surface area contributed by atoms with Gasteiger partial charge in [-0.25, -0.2) is 17.5 Å². The highest BCUT2D eigenvalue weighted by Crippen LogP contribution is 2.41. The fraction of sp³-hybridized carbons (Fsp3) is 0.318. The largest absolute Gasteiger partial charge is 0.497 e. The van der Waals surface area contributed by atoms with E-state index in [1.165, 1.54) is 19.2 Å². The second-order valence-electron chi connectivity index (χ2n) is 7.73. The monoisotopic (exact) mass is 430 g/mol. The fourth-order valence-corrected chi connectivity index (χ4v) is 4.94. The van der Waals surface area contributed by atoms with E-state index in [0.717, 1.165) is 18.4 Å². The third kappa shape index (κ3) is 3.79. The number of nitrogens with one attached hydrogen (secondary N) is 1. The highest BCUT2D eigenvalue weighted by Gasteiger charge is 2.31. The minimum absolute atomic E-state index is 0.0136. The highest BCUT2D eigenvalue weighted by atomic mass is 32.2. The zero-order chi connectivity index (χ0) is 21.6. The molecule has 0 atom stereocenters. The van der Waals surface area contributed by atoms with Crippen molar-refractivity contribution in [2.45, 2.75) is 38.5 Å². The SMILES string of the molecule is COc1ccc2c(c1)c(C(=O)NS(=O)(=O)Cc1ccc(C)cc1F)c(C)n2C1CC1. The molecule has 3 aromatic rings. The van der Waals surface area contributed by atoms with Crippen molar-refractivity contribution >= 4 is 26.8 Å². The zero-order valence-electron chi connectivity index (χ0n) is 17.0. The number of aryl methyl sites for hydroxylation is 1. The van der Waals surface area contributed by atoms with E-state index in [2.05, 4.69) is 9.29 Å². The maximum atomic E-state index is 14.1. The average Bonchev–Trinajstić information content (AvgIpc) is 3.45. The van der Waals surface area contributed by atoms with Gasteiger partial charge in [-0.05, 0) is 56.5 Å². The van der Waals surface area contributed by atoms with Gasteiger partial charge in [0.1, 0.15) is 11.6 Å². The Balaban J connectivity index is 1.69. The van der Waals surface area contributed by atoms with Crippen LogP contribution in [0.4, 0.5) is 4.39 Å². The van der Waals surface area contributed by atoms with Crippen molar-refractivity contribution in [2.24, 2.45) is 0 Å². The summed E-state index contributed by atoms with van der Waals surface area (Å²) in [6, 6.07) is 10.1. The number of aromatic nitrogens is 1. The summed E-state index contributed by atoms with van der Waals surface area (Å²) in [4.78, 5) is 13.0. The molecule has 1 N–H and O–H groups in total. The number of carbonyl (C=O) groups excluding carboxylic acids is 1. The Morgan fingerprint density at radius 2 is 1.93 bits per heavy atom. The van der Waals surface area contributed by atoms with Gasteiger partial charge in [-0.3, -0.25) is 4.79 Å². The van der Waals surface area contributed by atoms with Crippen LogP contribution in [0.1, 0.15) is 46.1 Å². The first-order chi connectivity index (χ1) is 14.2. The number of ether oxygens (including phenoxy) is 1. The topological polar surface area (TPSA) is 77.4 Å². The van der Waals surface area contributed by atoms with Gasteiger partial charge in [-0.2, -0.15) is 0 Å². The molecule has 1 aromatic heterocycles. The van der Waals surface area contributed by atoms with E-state index in [-0.39, 0.29) is 5.56 Å². The number of carbonyl (C=O) groups is 1. The Bertz CT molecular complexity index is 1260. The Kier molecular flexibility index (Phi) is 5.05. The smallest absolute Gasteiger partial charge is 0.267 e. The number of hydrogen-bond acceptors (Lipinski definition) is 4. The molecular formula is C22H23FN2O4S. The second kappa shape index (κ2) is 7.43. The van der Waals surface area contributed by atoms with Crippen molar-refractivity contribution in [3.63, 3.8) is 0 Å². The lowest BCUT2D eigenvalue weighted by atomic mass is 10.1. The lowest BCUT2D eigenvalue weighted by Gasteiger charge is -2.09. The van der Waals surface area contributed by atoms with Gasteiger partial charge in [0, 0.05) is 28.2 Å². The van der Waals surface area contributed by atoms with Crippen LogP contribution in [0, 0.1) is 19.7 Å². The normalized spacial score (nSPS) is 14.1. The van der Waals surface area contributed by atoms with Crippen LogP contribution in [0.2, 0.25) is 0 Å². The molecule has 0 saturated heterocycles. The first-order valence-corrected chi connectivity index (χ1v) is 11.3. The number of fused-ring (bicyclic) bond motifs is 1. The molecule has 2 aromatic carbocycles. The lowest BCUT2D eigenvalue weighted by molar-refractivity contribution is 0.0982. The standard InChI is InChI=1S/C22H23FN2O4S/c1-13-4-5-15(19(23)10-13)12-30(27,28)24-22(26)21-14(2)25(16-6-7-16)20-9-8-17(29-3)11-18(20)21/h4-5,8-11,16H,6-7,12H2,1-3H3,(H,24,26). The molecule has 1 fully saturated rings. The van der Waals surface area contributed by atoms with Gasteiger partial charge in [-0.15, -0.1) is 0 Å². The van der Waals surface area contributed by atoms with Crippen LogP contribution in [0.15, 0.2) is 36.4 Å². The van der Waals surface area contributed by atoms with Gasteiger partial charge in [0.15, 0.2) is 0 Å². The van der Waals surface area contributed by atoms with Crippen molar-refractivity contribution in [2.75, 3.05) is 7.11 Å². The van der Waals surface area contributed by atoms with Crippen molar-refractivity contribution < 1.29 is 22.3 Å². The molecule has 1 aliphatic carbocycles. The second-order valence-corrected chi connectivity index (χ2v) is 9.45. The first kappa shape index (κ1) is 20.4. The van der Waals surface area contributed by atoms with E-state index < -0.39 is 27.5 Å². The van der Waals surface area contributed by atoms with E-state index in [4.69, 9.17) is 4.74 Å². The first-order valence-electron chi connectivity index (χ1n) is 9.68. The molecule has 0 radical (unpaired) electrons. The Morgan fingerprint density at radius 1 is 1.20 bits per heavy atom. The van der Waals surface area contributed by atoms with Crippen molar-refractivity contribution in [1.29, 1.82) is 0 Å². The number of rotatable bonds is 6. The van der Waals surface area contributed by atoms with Crippen LogP contribution in [0.5, 0.6) is 5.75 Å². The van der Waals surface area contributed by atoms with Gasteiger partial charge in [0.05, 0.1) is 18.4 Å². The minimum Gasteiger partial charge on any atom is -0.497 e. The Labute approximate surface area is 174 Å². The van der Waals surface area contributed by atoms with Gasteiger partial charge in [0.25, 0.3) is 5.91 Å². The van der Waals surface area contributed by atoms with Gasteiger partial charge >= 0.3 is 0 Å². The van der Waals surface area contributed by atoms with Crippen LogP contribution >= 0.6 is 0 Å². The number of methoxy groups -OCH3 is 1. The average molecular weight is 431 g/mol. The van der Waals surface area contributed by atoms with Crippen LogP contribution in [0.25, 0.3) is 10.9 Å². The van der Waals surface area contributed by atoms with Crippen LogP contribution in [-0.4, -0.2) is 26.0 Å². The van der Waals surface area contributed by atoms with Crippen molar-refractivity contribution in [1.82, 2.24) is 9.29 Å². The predicted molar refractivity (Wildman–Crippen MR) is 113 cm³/mol. The maximum absolute atomic E-state index is 14.1. The van der Waals surface area contributed by atoms with Crippen molar-refractivity contribution in [3.8, 4) is 5.75 Å². The summed E-state index contributed by atoms with van der Waals surface area (Å²) in [5, 5.41) is 0.632. The number of benzene rings is 2. The molecule has 1 aliphatic rings. The van der Waals surface area contributed by atoms with Crippen molar-refractivity contribution in [3.05, 3.63) is 64.6 Å². The molecule has 4 rings (SSSR count). The number of nitrogens with zero attached hydrogens (tertiary/aromatic N) is 1. The molecule has 0 spiro atoms. The van der Waals surface area contributed by atoms with Crippen LogP contribution < -0.4 is 9.46 Å².